The summed E-state index contributed by atoms with van der Waals surface area (Å²) in [6, 6.07) is 13.4. The van der Waals surface area contributed by atoms with Crippen LogP contribution in [0.2, 0.25) is 0 Å². The molecule has 3 N–H and O–H groups in total. The van der Waals surface area contributed by atoms with Crippen LogP contribution in [0.5, 0.6) is 11.5 Å². The Labute approximate surface area is 176 Å². The first-order valence-corrected chi connectivity index (χ1v) is 9.72. The van der Waals surface area contributed by atoms with Crippen LogP contribution in [0.4, 0.5) is 11.5 Å². The summed E-state index contributed by atoms with van der Waals surface area (Å²) in [7, 11) is 3.27. The SMILES string of the molecule is COc1ccc(CNc2ncnc3c2c(Br)cn3-c2cccc(N)c2)c(OC)c1. The van der Waals surface area contributed by atoms with Crippen molar-refractivity contribution < 1.29 is 9.47 Å². The van der Waals surface area contributed by atoms with Gasteiger partial charge in [0.2, 0.25) is 0 Å². The van der Waals surface area contributed by atoms with E-state index in [4.69, 9.17) is 15.2 Å². The maximum Gasteiger partial charge on any atom is 0.151 e. The van der Waals surface area contributed by atoms with Gasteiger partial charge in [-0.15, -0.1) is 0 Å². The highest BCUT2D eigenvalue weighted by molar-refractivity contribution is 9.10. The number of anilines is 2. The van der Waals surface area contributed by atoms with Gasteiger partial charge in [0.15, 0.2) is 5.65 Å². The van der Waals surface area contributed by atoms with E-state index in [1.807, 2.05) is 53.2 Å². The summed E-state index contributed by atoms with van der Waals surface area (Å²) in [5.74, 6) is 2.22. The van der Waals surface area contributed by atoms with Crippen molar-refractivity contribution in [3.63, 3.8) is 0 Å². The molecule has 2 heterocycles. The topological polar surface area (TPSA) is 87.2 Å². The van der Waals surface area contributed by atoms with Gasteiger partial charge >= 0.3 is 0 Å². The van der Waals surface area contributed by atoms with E-state index < -0.39 is 0 Å². The Kier molecular flexibility index (Phi) is 5.26. The lowest BCUT2D eigenvalue weighted by Gasteiger charge is -2.12. The standard InChI is InChI=1S/C21H20BrN5O2/c1-28-16-7-6-13(18(9-16)29-2)10-24-20-19-17(22)11-27(21(19)26-12-25-20)15-5-3-4-14(23)8-15/h3-9,11-12H,10,23H2,1-2H3,(H,24,25,26). The number of ether oxygens (including phenoxy) is 2. The maximum atomic E-state index is 5.95. The smallest absolute Gasteiger partial charge is 0.151 e. The fourth-order valence-electron chi connectivity index (χ4n) is 3.20. The number of fused-ring (bicyclic) bond motifs is 1. The zero-order chi connectivity index (χ0) is 20.4. The first kappa shape index (κ1) is 19.1. The van der Waals surface area contributed by atoms with Crippen LogP contribution in [0.15, 0.2) is 59.5 Å². The highest BCUT2D eigenvalue weighted by Crippen LogP contribution is 2.33. The largest absolute Gasteiger partial charge is 0.497 e. The van der Waals surface area contributed by atoms with Gasteiger partial charge in [0.05, 0.1) is 19.6 Å². The van der Waals surface area contributed by atoms with Crippen molar-refractivity contribution >= 4 is 38.5 Å². The number of aromatic nitrogens is 3. The van der Waals surface area contributed by atoms with E-state index in [-0.39, 0.29) is 0 Å². The lowest BCUT2D eigenvalue weighted by Crippen LogP contribution is -2.05. The van der Waals surface area contributed by atoms with Crippen LogP contribution < -0.4 is 20.5 Å². The molecule has 0 aliphatic carbocycles. The number of rotatable bonds is 6. The molecule has 0 bridgehead atoms. The molecule has 8 heteroatoms. The summed E-state index contributed by atoms with van der Waals surface area (Å²) >= 11 is 3.64. The van der Waals surface area contributed by atoms with Gasteiger partial charge in [-0.3, -0.25) is 4.57 Å². The summed E-state index contributed by atoms with van der Waals surface area (Å²) in [6.45, 7) is 0.537. The number of nitrogens with two attached hydrogens (primary N) is 1. The van der Waals surface area contributed by atoms with E-state index in [0.717, 1.165) is 44.1 Å². The number of hydrogen-bond acceptors (Lipinski definition) is 6. The molecule has 2 aromatic heterocycles. The Morgan fingerprint density at radius 1 is 1.10 bits per heavy atom. The van der Waals surface area contributed by atoms with Gasteiger partial charge in [-0.05, 0) is 46.3 Å². The van der Waals surface area contributed by atoms with Gasteiger partial charge in [0, 0.05) is 40.2 Å². The predicted octanol–water partition coefficient (Wildman–Crippen LogP) is 4.39. The lowest BCUT2D eigenvalue weighted by molar-refractivity contribution is 0.391. The number of nitrogens with zero attached hydrogens (tertiary/aromatic N) is 3. The Balaban J connectivity index is 1.69. The Morgan fingerprint density at radius 3 is 2.72 bits per heavy atom. The molecule has 0 spiro atoms. The first-order valence-electron chi connectivity index (χ1n) is 8.93. The van der Waals surface area contributed by atoms with Gasteiger partial charge in [-0.2, -0.15) is 0 Å². The molecular formula is C21H20BrN5O2. The fraction of sp³-hybridized carbons (Fsp3) is 0.143. The highest BCUT2D eigenvalue weighted by Gasteiger charge is 2.15. The van der Waals surface area contributed by atoms with Crippen LogP contribution >= 0.6 is 15.9 Å². The van der Waals surface area contributed by atoms with E-state index >= 15 is 0 Å². The second-order valence-electron chi connectivity index (χ2n) is 6.39. The molecule has 0 radical (unpaired) electrons. The summed E-state index contributed by atoms with van der Waals surface area (Å²) in [6.07, 6.45) is 3.51. The number of halogens is 1. The van der Waals surface area contributed by atoms with Crippen LogP contribution in [0.25, 0.3) is 16.7 Å². The van der Waals surface area contributed by atoms with E-state index in [2.05, 4.69) is 31.2 Å². The second-order valence-corrected chi connectivity index (χ2v) is 7.25. The molecule has 0 fully saturated rings. The van der Waals surface area contributed by atoms with Gasteiger partial charge < -0.3 is 20.5 Å². The number of nitrogens with one attached hydrogen (secondary N) is 1. The van der Waals surface area contributed by atoms with Crippen LogP contribution in [0.3, 0.4) is 0 Å². The molecule has 0 atom stereocenters. The quantitative estimate of drug-likeness (QED) is 0.420. The summed E-state index contributed by atoms with van der Waals surface area (Å²) in [4.78, 5) is 8.92. The van der Waals surface area contributed by atoms with Crippen molar-refractivity contribution in [1.82, 2.24) is 14.5 Å². The fourth-order valence-corrected chi connectivity index (χ4v) is 3.77. The monoisotopic (exact) mass is 453 g/mol. The molecule has 148 valence electrons. The molecule has 0 saturated carbocycles. The Morgan fingerprint density at radius 2 is 1.97 bits per heavy atom. The molecule has 2 aromatic carbocycles. The van der Waals surface area contributed by atoms with Crippen LogP contribution in [0, 0.1) is 0 Å². The normalized spacial score (nSPS) is 10.9. The summed E-state index contributed by atoms with van der Waals surface area (Å²) in [5, 5.41) is 4.28. The molecule has 0 unspecified atom stereocenters. The van der Waals surface area contributed by atoms with E-state index in [0.29, 0.717) is 12.2 Å². The van der Waals surface area contributed by atoms with E-state index in [1.165, 1.54) is 0 Å². The Hall–Kier alpha value is -3.26. The summed E-state index contributed by atoms with van der Waals surface area (Å²) in [5.41, 5.74) is 9.34. The first-order chi connectivity index (χ1) is 14.1. The molecule has 29 heavy (non-hydrogen) atoms. The molecule has 0 amide bonds. The zero-order valence-electron chi connectivity index (χ0n) is 16.0. The number of hydrogen-bond donors (Lipinski definition) is 2. The Bertz CT molecular complexity index is 1180. The minimum Gasteiger partial charge on any atom is -0.497 e. The van der Waals surface area contributed by atoms with Crippen molar-refractivity contribution in [2.45, 2.75) is 6.54 Å². The third-order valence-corrected chi connectivity index (χ3v) is 5.23. The minimum absolute atomic E-state index is 0.537. The highest BCUT2D eigenvalue weighted by atomic mass is 79.9. The van der Waals surface area contributed by atoms with Crippen LogP contribution in [0.1, 0.15) is 5.56 Å². The van der Waals surface area contributed by atoms with Crippen molar-refractivity contribution in [2.24, 2.45) is 0 Å². The third-order valence-electron chi connectivity index (χ3n) is 4.63. The number of benzene rings is 2. The average Bonchev–Trinajstić information content (AvgIpc) is 3.09. The van der Waals surface area contributed by atoms with Gasteiger partial charge in [0.1, 0.15) is 23.6 Å². The molecule has 7 nitrogen and oxygen atoms in total. The van der Waals surface area contributed by atoms with Crippen molar-refractivity contribution in [3.8, 4) is 17.2 Å². The van der Waals surface area contributed by atoms with E-state index in [1.54, 1.807) is 20.5 Å². The summed E-state index contributed by atoms with van der Waals surface area (Å²) < 4.78 is 13.6. The molecule has 0 aliphatic heterocycles. The number of methoxy groups -OCH3 is 2. The minimum atomic E-state index is 0.537. The van der Waals surface area contributed by atoms with Crippen molar-refractivity contribution in [1.29, 1.82) is 0 Å². The molecule has 0 aliphatic rings. The molecule has 4 aromatic rings. The molecular weight excluding hydrogens is 434 g/mol. The second kappa shape index (κ2) is 8.00. The van der Waals surface area contributed by atoms with E-state index in [9.17, 15) is 0 Å². The van der Waals surface area contributed by atoms with Gasteiger partial charge in [-0.1, -0.05) is 6.07 Å². The van der Waals surface area contributed by atoms with Gasteiger partial charge in [-0.25, -0.2) is 9.97 Å². The predicted molar refractivity (Wildman–Crippen MR) is 118 cm³/mol. The maximum absolute atomic E-state index is 5.95. The van der Waals surface area contributed by atoms with Crippen molar-refractivity contribution in [3.05, 3.63) is 65.0 Å². The van der Waals surface area contributed by atoms with Crippen LogP contribution in [-0.2, 0) is 6.54 Å². The lowest BCUT2D eigenvalue weighted by atomic mass is 10.2. The third kappa shape index (κ3) is 3.71. The molecule has 4 rings (SSSR count). The zero-order valence-corrected chi connectivity index (χ0v) is 17.6. The van der Waals surface area contributed by atoms with Crippen LogP contribution in [-0.4, -0.2) is 28.8 Å². The molecule has 0 saturated heterocycles. The van der Waals surface area contributed by atoms with Crippen molar-refractivity contribution in [2.75, 3.05) is 25.3 Å². The van der Waals surface area contributed by atoms with Gasteiger partial charge in [0.25, 0.3) is 0 Å². The number of nitrogen functional groups attached to an aromatic ring is 1. The average molecular weight is 454 g/mol.